The molecule has 0 unspecified atom stereocenters. The summed E-state index contributed by atoms with van der Waals surface area (Å²) in [6.45, 7) is 0. The zero-order valence-electron chi connectivity index (χ0n) is 29.8. The summed E-state index contributed by atoms with van der Waals surface area (Å²) in [5, 5.41) is 7.76. The summed E-state index contributed by atoms with van der Waals surface area (Å²) in [5.41, 5.74) is 10.7. The predicted molar refractivity (Wildman–Crippen MR) is 241 cm³/mol. The summed E-state index contributed by atoms with van der Waals surface area (Å²) in [6.07, 6.45) is 0. The van der Waals surface area contributed by atoms with Gasteiger partial charge in [-0.2, -0.15) is 0 Å². The van der Waals surface area contributed by atoms with Gasteiger partial charge in [0.25, 0.3) is 0 Å². The number of nitrogens with zero attached hydrogens (tertiary/aromatic N) is 1. The Morgan fingerprint density at radius 3 is 1.53 bits per heavy atom. The quantitative estimate of drug-likeness (QED) is 0.164. The molecule has 2 aromatic heterocycles. The lowest BCUT2D eigenvalue weighted by atomic mass is 9.97. The normalized spacial score (nSPS) is 11.6. The van der Waals surface area contributed by atoms with Gasteiger partial charge in [0.15, 0.2) is 0 Å². The van der Waals surface area contributed by atoms with Crippen LogP contribution in [-0.4, -0.2) is 0 Å². The Balaban J connectivity index is 1.11. The highest BCUT2D eigenvalue weighted by Crippen LogP contribution is 2.45. The Labute approximate surface area is 327 Å². The van der Waals surface area contributed by atoms with Crippen LogP contribution in [0.15, 0.2) is 200 Å². The third kappa shape index (κ3) is 5.43. The SMILES string of the molecule is c1cc(-c2cccc3ccccc23)cc(N(c2cccc(-c3cccc4c3sc3ccccc34)c2)c2cccc(-c3cccc4sc5ccccc5c34)c2)c1. The molecule has 0 atom stereocenters. The van der Waals surface area contributed by atoms with Crippen molar-refractivity contribution in [3.05, 3.63) is 200 Å². The Kier molecular flexibility index (Phi) is 7.61. The number of hydrogen-bond donors (Lipinski definition) is 0. The highest BCUT2D eigenvalue weighted by Gasteiger charge is 2.18. The smallest absolute Gasteiger partial charge is 0.0467 e. The molecule has 55 heavy (non-hydrogen) atoms. The van der Waals surface area contributed by atoms with Gasteiger partial charge in [0.1, 0.15) is 0 Å². The van der Waals surface area contributed by atoms with Gasteiger partial charge in [0, 0.05) is 57.4 Å². The van der Waals surface area contributed by atoms with Crippen LogP contribution in [0.25, 0.3) is 84.5 Å². The minimum atomic E-state index is 1.11. The van der Waals surface area contributed by atoms with E-state index in [1.165, 1.54) is 84.5 Å². The largest absolute Gasteiger partial charge is 0.310 e. The fourth-order valence-corrected chi connectivity index (χ4v) is 10.7. The number of thiophene rings is 2. The maximum atomic E-state index is 2.43. The summed E-state index contributed by atoms with van der Waals surface area (Å²) in [7, 11) is 0. The fourth-order valence-electron chi connectivity index (χ4n) is 8.35. The van der Waals surface area contributed by atoms with Gasteiger partial charge in [-0.15, -0.1) is 22.7 Å². The Morgan fingerprint density at radius 1 is 0.309 bits per heavy atom. The van der Waals surface area contributed by atoms with Crippen molar-refractivity contribution in [1.82, 2.24) is 0 Å². The lowest BCUT2D eigenvalue weighted by Gasteiger charge is -2.27. The average Bonchev–Trinajstić information content (AvgIpc) is 3.83. The van der Waals surface area contributed by atoms with Gasteiger partial charge >= 0.3 is 0 Å². The van der Waals surface area contributed by atoms with E-state index < -0.39 is 0 Å². The van der Waals surface area contributed by atoms with Crippen LogP contribution in [-0.2, 0) is 0 Å². The number of fused-ring (bicyclic) bond motifs is 7. The van der Waals surface area contributed by atoms with Crippen molar-refractivity contribution in [2.45, 2.75) is 0 Å². The van der Waals surface area contributed by atoms with Crippen molar-refractivity contribution >= 4 is 90.9 Å². The van der Waals surface area contributed by atoms with Crippen molar-refractivity contribution in [3.63, 3.8) is 0 Å². The minimum Gasteiger partial charge on any atom is -0.310 e. The third-order valence-corrected chi connectivity index (χ3v) is 13.2. The van der Waals surface area contributed by atoms with Crippen molar-refractivity contribution in [2.75, 3.05) is 4.90 Å². The zero-order valence-corrected chi connectivity index (χ0v) is 31.4. The lowest BCUT2D eigenvalue weighted by Crippen LogP contribution is -2.10. The predicted octanol–water partition coefficient (Wildman–Crippen LogP) is 16.0. The number of hydrogen-bond acceptors (Lipinski definition) is 3. The van der Waals surface area contributed by atoms with Crippen LogP contribution in [0.4, 0.5) is 17.1 Å². The first-order chi connectivity index (χ1) is 27.3. The summed E-state index contributed by atoms with van der Waals surface area (Å²) in [4.78, 5) is 2.43. The molecule has 0 aliphatic heterocycles. The molecule has 0 amide bonds. The van der Waals surface area contributed by atoms with Gasteiger partial charge in [-0.1, -0.05) is 146 Å². The van der Waals surface area contributed by atoms with E-state index in [-0.39, 0.29) is 0 Å². The maximum absolute atomic E-state index is 2.43. The molecule has 1 nitrogen and oxygen atoms in total. The highest BCUT2D eigenvalue weighted by molar-refractivity contribution is 7.26. The molecule has 258 valence electrons. The van der Waals surface area contributed by atoms with Crippen molar-refractivity contribution in [1.29, 1.82) is 0 Å². The second-order valence-electron chi connectivity index (χ2n) is 14.1. The van der Waals surface area contributed by atoms with Crippen LogP contribution in [0.1, 0.15) is 0 Å². The zero-order chi connectivity index (χ0) is 36.3. The van der Waals surface area contributed by atoms with E-state index in [1.54, 1.807) is 0 Å². The topological polar surface area (TPSA) is 3.24 Å². The van der Waals surface area contributed by atoms with Gasteiger partial charge in [-0.25, -0.2) is 0 Å². The standard InChI is InChI=1S/C52H33NS2/c1-2-21-41-34(13-1)14-10-24-42(41)35-15-7-18-38(31-35)53(39-19-8-16-36(32-39)43-25-12-30-50-51(43)47-23-4-6-29-49(47)54-50)40-20-9-17-37(33-40)44-26-11-27-46-45-22-3-5-28-48(45)55-52(44)46/h1-33H. The van der Waals surface area contributed by atoms with E-state index in [2.05, 4.69) is 205 Å². The van der Waals surface area contributed by atoms with Crippen molar-refractivity contribution < 1.29 is 0 Å². The first kappa shape index (κ1) is 32.0. The van der Waals surface area contributed by atoms with E-state index in [9.17, 15) is 0 Å². The molecule has 0 aliphatic rings. The maximum Gasteiger partial charge on any atom is 0.0467 e. The molecular weight excluding hydrogens is 703 g/mol. The average molecular weight is 736 g/mol. The Morgan fingerprint density at radius 2 is 0.782 bits per heavy atom. The van der Waals surface area contributed by atoms with Gasteiger partial charge in [0.2, 0.25) is 0 Å². The summed E-state index contributed by atoms with van der Waals surface area (Å²) in [6, 6.07) is 73.4. The molecule has 11 aromatic rings. The lowest BCUT2D eigenvalue weighted by molar-refractivity contribution is 1.28. The molecule has 11 rings (SSSR count). The van der Waals surface area contributed by atoms with Crippen LogP contribution in [0.3, 0.4) is 0 Å². The fraction of sp³-hybridized carbons (Fsp3) is 0. The molecule has 0 aliphatic carbocycles. The molecule has 0 saturated heterocycles. The van der Waals surface area contributed by atoms with Gasteiger partial charge in [-0.05, 0) is 98.8 Å². The van der Waals surface area contributed by atoms with E-state index in [1.807, 2.05) is 22.7 Å². The van der Waals surface area contributed by atoms with E-state index in [0.29, 0.717) is 0 Å². The molecule has 0 fully saturated rings. The monoisotopic (exact) mass is 735 g/mol. The molecule has 3 heteroatoms. The van der Waals surface area contributed by atoms with Crippen LogP contribution < -0.4 is 4.90 Å². The third-order valence-electron chi connectivity index (χ3n) is 10.8. The number of benzene rings is 9. The molecule has 2 heterocycles. The van der Waals surface area contributed by atoms with Crippen LogP contribution in [0, 0.1) is 0 Å². The van der Waals surface area contributed by atoms with Crippen LogP contribution in [0.2, 0.25) is 0 Å². The summed E-state index contributed by atoms with van der Waals surface area (Å²) >= 11 is 3.75. The molecule has 0 radical (unpaired) electrons. The van der Waals surface area contributed by atoms with E-state index in [0.717, 1.165) is 17.1 Å². The molecular formula is C52H33NS2. The molecule has 0 N–H and O–H groups in total. The molecule has 0 spiro atoms. The first-order valence-corrected chi connectivity index (χ1v) is 20.3. The summed E-state index contributed by atoms with van der Waals surface area (Å²) in [5.74, 6) is 0. The van der Waals surface area contributed by atoms with Crippen molar-refractivity contribution in [2.24, 2.45) is 0 Å². The molecule has 9 aromatic carbocycles. The molecule has 0 bridgehead atoms. The summed E-state index contributed by atoms with van der Waals surface area (Å²) < 4.78 is 5.27. The minimum absolute atomic E-state index is 1.11. The second kappa shape index (κ2) is 13.1. The Hall–Kier alpha value is -6.52. The number of anilines is 3. The van der Waals surface area contributed by atoms with Gasteiger partial charge in [0.05, 0.1) is 0 Å². The first-order valence-electron chi connectivity index (χ1n) is 18.7. The second-order valence-corrected chi connectivity index (χ2v) is 16.2. The van der Waals surface area contributed by atoms with E-state index in [4.69, 9.17) is 0 Å². The van der Waals surface area contributed by atoms with Crippen LogP contribution in [0.5, 0.6) is 0 Å². The van der Waals surface area contributed by atoms with Crippen LogP contribution >= 0.6 is 22.7 Å². The number of rotatable bonds is 6. The molecule has 0 saturated carbocycles. The van der Waals surface area contributed by atoms with Crippen molar-refractivity contribution in [3.8, 4) is 33.4 Å². The van der Waals surface area contributed by atoms with Gasteiger partial charge in [-0.3, -0.25) is 0 Å². The van der Waals surface area contributed by atoms with Gasteiger partial charge < -0.3 is 4.90 Å². The van der Waals surface area contributed by atoms with E-state index >= 15 is 0 Å². The highest BCUT2D eigenvalue weighted by atomic mass is 32.1. The Bertz CT molecular complexity index is 3230.